The average Bonchev–Trinajstić information content (AvgIpc) is 2.54. The highest BCUT2D eigenvalue weighted by molar-refractivity contribution is 5.00. The smallest absolute Gasteiger partial charge is 0.0672 e. The molecule has 2 rings (SSSR count). The predicted octanol–water partition coefficient (Wildman–Crippen LogP) is 3.44. The predicted molar refractivity (Wildman–Crippen MR) is 85.7 cm³/mol. The summed E-state index contributed by atoms with van der Waals surface area (Å²) in [7, 11) is 0. The van der Waals surface area contributed by atoms with Gasteiger partial charge in [0.1, 0.15) is 0 Å². The van der Waals surface area contributed by atoms with Crippen LogP contribution in [0.4, 0.5) is 0 Å². The molecule has 0 spiro atoms. The molecule has 0 radical (unpaired) electrons. The highest BCUT2D eigenvalue weighted by atomic mass is 16.3. The quantitative estimate of drug-likeness (QED) is 0.863. The summed E-state index contributed by atoms with van der Waals surface area (Å²) in [5.74, 6) is 1.43. The van der Waals surface area contributed by atoms with Gasteiger partial charge in [0.25, 0.3) is 0 Å². The Morgan fingerprint density at radius 3 is 2.38 bits per heavy atom. The fourth-order valence-electron chi connectivity index (χ4n) is 4.17. The zero-order chi connectivity index (χ0) is 15.5. The second-order valence-electron chi connectivity index (χ2n) is 7.82. The summed E-state index contributed by atoms with van der Waals surface area (Å²) in [6, 6.07) is 3.02. The van der Waals surface area contributed by atoms with Crippen LogP contribution in [0.15, 0.2) is 0 Å². The molecule has 1 saturated carbocycles. The molecule has 1 saturated heterocycles. The van der Waals surface area contributed by atoms with E-state index >= 15 is 0 Å². The van der Waals surface area contributed by atoms with Crippen LogP contribution in [-0.2, 0) is 0 Å². The lowest BCUT2D eigenvalue weighted by molar-refractivity contribution is 0.0262. The second kappa shape index (κ2) is 7.11. The van der Waals surface area contributed by atoms with E-state index in [4.69, 9.17) is 0 Å². The molecular weight excluding hydrogens is 260 g/mol. The number of aliphatic hydroxyl groups excluding tert-OH is 1. The molecule has 0 aromatic carbocycles. The van der Waals surface area contributed by atoms with Gasteiger partial charge >= 0.3 is 0 Å². The number of likely N-dealkylation sites (tertiary alicyclic amines) is 1. The monoisotopic (exact) mass is 292 g/mol. The lowest BCUT2D eigenvalue weighted by Gasteiger charge is -2.47. The normalized spacial score (nSPS) is 32.8. The van der Waals surface area contributed by atoms with Crippen molar-refractivity contribution in [3.8, 4) is 6.07 Å². The summed E-state index contributed by atoms with van der Waals surface area (Å²) in [4.78, 5) is 2.55. The van der Waals surface area contributed by atoms with Crippen LogP contribution < -0.4 is 0 Å². The third-order valence-corrected chi connectivity index (χ3v) is 6.38. The number of rotatable bonds is 4. The molecule has 3 unspecified atom stereocenters. The Labute approximate surface area is 130 Å². The van der Waals surface area contributed by atoms with Gasteiger partial charge in [-0.15, -0.1) is 0 Å². The minimum Gasteiger partial charge on any atom is -0.396 e. The summed E-state index contributed by atoms with van der Waals surface area (Å²) in [5, 5.41) is 18.8. The van der Waals surface area contributed by atoms with Crippen LogP contribution in [-0.4, -0.2) is 35.7 Å². The van der Waals surface area contributed by atoms with Crippen molar-refractivity contribution in [2.45, 2.75) is 65.3 Å². The number of hydrogen-bond acceptors (Lipinski definition) is 3. The van der Waals surface area contributed by atoms with Crippen molar-refractivity contribution in [1.29, 1.82) is 5.26 Å². The standard InChI is InChI=1S/C18H32N2O/c1-4-18(2,3)16-6-5-15(12-19)17(11-16)20-9-7-14(13-21)8-10-20/h14-17,21H,4-11,13H2,1-3H3. The molecule has 21 heavy (non-hydrogen) atoms. The summed E-state index contributed by atoms with van der Waals surface area (Å²) < 4.78 is 0. The van der Waals surface area contributed by atoms with Crippen molar-refractivity contribution in [2.75, 3.05) is 19.7 Å². The van der Waals surface area contributed by atoms with Crippen LogP contribution in [0.1, 0.15) is 59.3 Å². The minimum absolute atomic E-state index is 0.208. The van der Waals surface area contributed by atoms with Crippen LogP contribution in [0.5, 0.6) is 0 Å². The first-order valence-corrected chi connectivity index (χ1v) is 8.76. The maximum atomic E-state index is 9.52. The average molecular weight is 292 g/mol. The van der Waals surface area contributed by atoms with Crippen LogP contribution in [0, 0.1) is 34.5 Å². The summed E-state index contributed by atoms with van der Waals surface area (Å²) in [6.07, 6.45) is 6.86. The fraction of sp³-hybridized carbons (Fsp3) is 0.944. The topological polar surface area (TPSA) is 47.3 Å². The van der Waals surface area contributed by atoms with Crippen LogP contribution in [0.3, 0.4) is 0 Å². The van der Waals surface area contributed by atoms with Crippen molar-refractivity contribution < 1.29 is 5.11 Å². The number of piperidine rings is 1. The lowest BCUT2D eigenvalue weighted by Crippen LogP contribution is -2.49. The van der Waals surface area contributed by atoms with Crippen molar-refractivity contribution in [3.05, 3.63) is 0 Å². The largest absolute Gasteiger partial charge is 0.396 e. The Kier molecular flexibility index (Phi) is 5.68. The molecule has 2 aliphatic rings. The first-order valence-electron chi connectivity index (χ1n) is 8.76. The Morgan fingerprint density at radius 1 is 1.19 bits per heavy atom. The van der Waals surface area contributed by atoms with Gasteiger partial charge in [0, 0.05) is 12.6 Å². The van der Waals surface area contributed by atoms with E-state index in [2.05, 4.69) is 31.7 Å². The Bertz CT molecular complexity index is 366. The molecule has 3 nitrogen and oxygen atoms in total. The van der Waals surface area contributed by atoms with Crippen LogP contribution in [0.2, 0.25) is 0 Å². The summed E-state index contributed by atoms with van der Waals surface area (Å²) in [6.45, 7) is 9.52. The second-order valence-corrected chi connectivity index (χ2v) is 7.82. The van der Waals surface area contributed by atoms with E-state index in [-0.39, 0.29) is 5.92 Å². The zero-order valence-corrected chi connectivity index (χ0v) is 14.0. The van der Waals surface area contributed by atoms with Gasteiger partial charge < -0.3 is 5.11 Å². The highest BCUT2D eigenvalue weighted by Gasteiger charge is 2.40. The molecule has 0 bridgehead atoms. The number of nitriles is 1. The molecule has 120 valence electrons. The third kappa shape index (κ3) is 3.79. The molecular formula is C18H32N2O. The van der Waals surface area contributed by atoms with Crippen molar-refractivity contribution in [2.24, 2.45) is 23.2 Å². The van der Waals surface area contributed by atoms with Gasteiger partial charge in [-0.25, -0.2) is 0 Å². The molecule has 1 N–H and O–H groups in total. The first-order chi connectivity index (χ1) is 10.0. The van der Waals surface area contributed by atoms with Gasteiger partial charge in [0.05, 0.1) is 12.0 Å². The number of nitrogens with zero attached hydrogens (tertiary/aromatic N) is 2. The van der Waals surface area contributed by atoms with E-state index in [1.54, 1.807) is 0 Å². The zero-order valence-electron chi connectivity index (χ0n) is 14.0. The molecule has 2 fully saturated rings. The molecule has 1 aliphatic heterocycles. The van der Waals surface area contributed by atoms with Gasteiger partial charge in [-0.05, 0) is 62.4 Å². The van der Waals surface area contributed by atoms with Gasteiger partial charge in [0.15, 0.2) is 0 Å². The van der Waals surface area contributed by atoms with Crippen LogP contribution >= 0.6 is 0 Å². The van der Waals surface area contributed by atoms with E-state index in [1.807, 2.05) is 0 Å². The maximum absolute atomic E-state index is 9.52. The van der Waals surface area contributed by atoms with E-state index in [0.717, 1.165) is 38.3 Å². The lowest BCUT2D eigenvalue weighted by atomic mass is 9.65. The van der Waals surface area contributed by atoms with E-state index in [9.17, 15) is 10.4 Å². The van der Waals surface area contributed by atoms with Crippen LogP contribution in [0.25, 0.3) is 0 Å². The SMILES string of the molecule is CCC(C)(C)C1CCC(C#N)C(N2CCC(CO)CC2)C1. The molecule has 1 aliphatic carbocycles. The van der Waals surface area contributed by atoms with Gasteiger partial charge in [-0.2, -0.15) is 5.26 Å². The van der Waals surface area contributed by atoms with E-state index < -0.39 is 0 Å². The van der Waals surface area contributed by atoms with Gasteiger partial charge in [-0.1, -0.05) is 27.2 Å². The third-order valence-electron chi connectivity index (χ3n) is 6.38. The van der Waals surface area contributed by atoms with Crippen molar-refractivity contribution >= 4 is 0 Å². The fourth-order valence-corrected chi connectivity index (χ4v) is 4.17. The Morgan fingerprint density at radius 2 is 1.86 bits per heavy atom. The van der Waals surface area contributed by atoms with Crippen molar-refractivity contribution in [1.82, 2.24) is 4.90 Å². The van der Waals surface area contributed by atoms with Gasteiger partial charge in [0.2, 0.25) is 0 Å². The highest BCUT2D eigenvalue weighted by Crippen LogP contribution is 2.44. The Hall–Kier alpha value is -0.590. The molecule has 0 amide bonds. The first kappa shape index (κ1) is 16.8. The summed E-state index contributed by atoms with van der Waals surface area (Å²) in [5.41, 5.74) is 0.391. The minimum atomic E-state index is 0.208. The molecule has 1 heterocycles. The number of hydrogen-bond donors (Lipinski definition) is 1. The number of aliphatic hydroxyl groups is 1. The summed E-state index contributed by atoms with van der Waals surface area (Å²) >= 11 is 0. The van der Waals surface area contributed by atoms with E-state index in [1.165, 1.54) is 19.3 Å². The Balaban J connectivity index is 2.02. The molecule has 0 aromatic heterocycles. The molecule has 3 atom stereocenters. The maximum Gasteiger partial charge on any atom is 0.0672 e. The molecule has 0 aromatic rings. The van der Waals surface area contributed by atoms with Crippen molar-refractivity contribution in [3.63, 3.8) is 0 Å². The molecule has 3 heteroatoms. The van der Waals surface area contributed by atoms with E-state index in [0.29, 0.717) is 24.0 Å². The van der Waals surface area contributed by atoms with Gasteiger partial charge in [-0.3, -0.25) is 4.90 Å².